The molecular formula is C15H31NO. The van der Waals surface area contributed by atoms with E-state index in [-0.39, 0.29) is 0 Å². The van der Waals surface area contributed by atoms with Gasteiger partial charge in [0.1, 0.15) is 0 Å². The van der Waals surface area contributed by atoms with Crippen LogP contribution in [-0.4, -0.2) is 25.3 Å². The van der Waals surface area contributed by atoms with E-state index in [9.17, 15) is 0 Å². The van der Waals surface area contributed by atoms with E-state index in [1.165, 1.54) is 38.5 Å². The zero-order valence-corrected chi connectivity index (χ0v) is 12.0. The van der Waals surface area contributed by atoms with Gasteiger partial charge in [-0.1, -0.05) is 26.2 Å². The maximum Gasteiger partial charge on any atom is 0.0518 e. The second kappa shape index (κ2) is 8.93. The van der Waals surface area contributed by atoms with Gasteiger partial charge in [-0.3, -0.25) is 0 Å². The van der Waals surface area contributed by atoms with Crippen molar-refractivity contribution in [2.45, 2.75) is 77.9 Å². The first-order valence-electron chi connectivity index (χ1n) is 7.57. The first kappa shape index (κ1) is 15.0. The molecule has 2 atom stereocenters. The topological polar surface area (TPSA) is 21.3 Å². The Bertz CT molecular complexity index is 182. The van der Waals surface area contributed by atoms with Gasteiger partial charge in [0, 0.05) is 12.6 Å². The third-order valence-electron chi connectivity index (χ3n) is 3.87. The van der Waals surface area contributed by atoms with Gasteiger partial charge in [-0.2, -0.15) is 0 Å². The molecular weight excluding hydrogens is 210 g/mol. The standard InChI is InChI=1S/C15H31NO/c1-4-14-7-5-8-15(10-9-14)16-11-6-12-17-13(2)3/h13-16H,4-12H2,1-3H3. The molecule has 0 aromatic rings. The lowest BCUT2D eigenvalue weighted by atomic mass is 9.98. The Labute approximate surface area is 108 Å². The van der Waals surface area contributed by atoms with Gasteiger partial charge in [0.2, 0.25) is 0 Å². The highest BCUT2D eigenvalue weighted by molar-refractivity contribution is 4.74. The SMILES string of the molecule is CCC1CCCC(NCCCOC(C)C)CC1. The van der Waals surface area contributed by atoms with Crippen molar-refractivity contribution in [1.29, 1.82) is 0 Å². The predicted molar refractivity (Wildman–Crippen MR) is 74.4 cm³/mol. The average Bonchev–Trinajstić information content (AvgIpc) is 2.53. The zero-order chi connectivity index (χ0) is 12.5. The molecule has 1 aliphatic rings. The highest BCUT2D eigenvalue weighted by atomic mass is 16.5. The summed E-state index contributed by atoms with van der Waals surface area (Å²) in [6.07, 6.45) is 9.94. The molecule has 1 rings (SSSR count). The largest absolute Gasteiger partial charge is 0.379 e. The van der Waals surface area contributed by atoms with Crippen molar-refractivity contribution >= 4 is 0 Å². The third kappa shape index (κ3) is 7.05. The molecule has 0 bridgehead atoms. The molecule has 0 spiro atoms. The fraction of sp³-hybridized carbons (Fsp3) is 1.00. The minimum absolute atomic E-state index is 0.373. The van der Waals surface area contributed by atoms with Gasteiger partial charge in [0.25, 0.3) is 0 Å². The van der Waals surface area contributed by atoms with Gasteiger partial charge in [-0.05, 0) is 52.0 Å². The van der Waals surface area contributed by atoms with Crippen molar-refractivity contribution in [1.82, 2.24) is 5.32 Å². The van der Waals surface area contributed by atoms with E-state index in [1.54, 1.807) is 0 Å². The van der Waals surface area contributed by atoms with Crippen molar-refractivity contribution < 1.29 is 4.74 Å². The van der Waals surface area contributed by atoms with Gasteiger partial charge in [0.05, 0.1) is 6.10 Å². The molecule has 1 saturated carbocycles. The Morgan fingerprint density at radius 3 is 2.71 bits per heavy atom. The van der Waals surface area contributed by atoms with Crippen molar-refractivity contribution in [2.24, 2.45) is 5.92 Å². The third-order valence-corrected chi connectivity index (χ3v) is 3.87. The Morgan fingerprint density at radius 2 is 2.00 bits per heavy atom. The van der Waals surface area contributed by atoms with Crippen LogP contribution in [0.3, 0.4) is 0 Å². The number of rotatable bonds is 7. The van der Waals surface area contributed by atoms with Gasteiger partial charge >= 0.3 is 0 Å². The van der Waals surface area contributed by atoms with Crippen molar-refractivity contribution in [3.05, 3.63) is 0 Å². The minimum Gasteiger partial charge on any atom is -0.379 e. The highest BCUT2D eigenvalue weighted by Crippen LogP contribution is 2.25. The van der Waals surface area contributed by atoms with Crippen LogP contribution in [0.15, 0.2) is 0 Å². The van der Waals surface area contributed by atoms with Crippen LogP contribution in [-0.2, 0) is 4.74 Å². The Morgan fingerprint density at radius 1 is 1.18 bits per heavy atom. The molecule has 0 amide bonds. The molecule has 0 radical (unpaired) electrons. The van der Waals surface area contributed by atoms with Crippen molar-refractivity contribution in [3.63, 3.8) is 0 Å². The summed E-state index contributed by atoms with van der Waals surface area (Å²) in [6.45, 7) is 8.55. The Balaban J connectivity index is 2.03. The molecule has 1 fully saturated rings. The van der Waals surface area contributed by atoms with Crippen LogP contribution in [0.4, 0.5) is 0 Å². The quantitative estimate of drug-likeness (QED) is 0.541. The number of hydrogen-bond acceptors (Lipinski definition) is 2. The van der Waals surface area contributed by atoms with Gasteiger partial charge in [-0.25, -0.2) is 0 Å². The molecule has 2 unspecified atom stereocenters. The molecule has 0 saturated heterocycles. The van der Waals surface area contributed by atoms with Crippen LogP contribution in [0.2, 0.25) is 0 Å². The van der Waals surface area contributed by atoms with E-state index in [0.29, 0.717) is 6.10 Å². The summed E-state index contributed by atoms with van der Waals surface area (Å²) in [6, 6.07) is 0.769. The monoisotopic (exact) mass is 241 g/mol. The summed E-state index contributed by atoms with van der Waals surface area (Å²) in [5.41, 5.74) is 0. The second-order valence-corrected chi connectivity index (χ2v) is 5.71. The smallest absolute Gasteiger partial charge is 0.0518 e. The van der Waals surface area contributed by atoms with E-state index >= 15 is 0 Å². The van der Waals surface area contributed by atoms with Crippen LogP contribution in [0.1, 0.15) is 65.7 Å². The van der Waals surface area contributed by atoms with E-state index < -0.39 is 0 Å². The molecule has 1 aliphatic carbocycles. The van der Waals surface area contributed by atoms with E-state index in [0.717, 1.165) is 31.5 Å². The molecule has 0 aromatic carbocycles. The lowest BCUT2D eigenvalue weighted by molar-refractivity contribution is 0.0766. The van der Waals surface area contributed by atoms with Gasteiger partial charge in [-0.15, -0.1) is 0 Å². The van der Waals surface area contributed by atoms with E-state index in [4.69, 9.17) is 4.74 Å². The van der Waals surface area contributed by atoms with Crippen LogP contribution < -0.4 is 5.32 Å². The summed E-state index contributed by atoms with van der Waals surface area (Å²) >= 11 is 0. The molecule has 2 heteroatoms. The molecule has 2 nitrogen and oxygen atoms in total. The number of nitrogens with one attached hydrogen (secondary N) is 1. The first-order chi connectivity index (χ1) is 8.22. The maximum absolute atomic E-state index is 5.55. The summed E-state index contributed by atoms with van der Waals surface area (Å²) in [7, 11) is 0. The Kier molecular flexibility index (Phi) is 7.87. The lowest BCUT2D eigenvalue weighted by Crippen LogP contribution is -2.30. The minimum atomic E-state index is 0.373. The summed E-state index contributed by atoms with van der Waals surface area (Å²) < 4.78 is 5.55. The normalized spacial score (nSPS) is 26.1. The van der Waals surface area contributed by atoms with Gasteiger partial charge in [0.15, 0.2) is 0 Å². The highest BCUT2D eigenvalue weighted by Gasteiger charge is 2.16. The molecule has 0 aromatic heterocycles. The molecule has 102 valence electrons. The van der Waals surface area contributed by atoms with Crippen molar-refractivity contribution in [2.75, 3.05) is 13.2 Å². The van der Waals surface area contributed by atoms with E-state index in [1.807, 2.05) is 0 Å². The summed E-state index contributed by atoms with van der Waals surface area (Å²) in [5.74, 6) is 0.992. The van der Waals surface area contributed by atoms with Crippen LogP contribution >= 0.6 is 0 Å². The van der Waals surface area contributed by atoms with Gasteiger partial charge < -0.3 is 10.1 Å². The number of hydrogen-bond donors (Lipinski definition) is 1. The predicted octanol–water partition coefficient (Wildman–Crippen LogP) is 3.75. The second-order valence-electron chi connectivity index (χ2n) is 5.71. The Hall–Kier alpha value is -0.0800. The zero-order valence-electron chi connectivity index (χ0n) is 12.0. The average molecular weight is 241 g/mol. The molecule has 0 heterocycles. The fourth-order valence-electron chi connectivity index (χ4n) is 2.69. The lowest BCUT2D eigenvalue weighted by Gasteiger charge is -2.17. The van der Waals surface area contributed by atoms with E-state index in [2.05, 4.69) is 26.1 Å². The molecule has 17 heavy (non-hydrogen) atoms. The van der Waals surface area contributed by atoms with Crippen LogP contribution in [0.5, 0.6) is 0 Å². The maximum atomic E-state index is 5.55. The van der Waals surface area contributed by atoms with Crippen LogP contribution in [0.25, 0.3) is 0 Å². The fourth-order valence-corrected chi connectivity index (χ4v) is 2.69. The summed E-state index contributed by atoms with van der Waals surface area (Å²) in [4.78, 5) is 0. The molecule has 0 aliphatic heterocycles. The first-order valence-corrected chi connectivity index (χ1v) is 7.57. The number of ether oxygens (including phenoxy) is 1. The van der Waals surface area contributed by atoms with Crippen LogP contribution in [0, 0.1) is 5.92 Å². The summed E-state index contributed by atoms with van der Waals surface area (Å²) in [5, 5.41) is 3.70. The molecule has 1 N–H and O–H groups in total. The van der Waals surface area contributed by atoms with Crippen molar-refractivity contribution in [3.8, 4) is 0 Å².